The van der Waals surface area contributed by atoms with Crippen molar-refractivity contribution in [2.45, 2.75) is 38.2 Å². The maximum Gasteiger partial charge on any atom is 0.314 e. The second-order valence-corrected chi connectivity index (χ2v) is 4.74. The minimum Gasteiger partial charge on any atom is -0.481 e. The lowest BCUT2D eigenvalue weighted by Crippen LogP contribution is -2.37. The molecule has 0 radical (unpaired) electrons. The lowest BCUT2D eigenvalue weighted by atomic mass is 10.2. The maximum absolute atomic E-state index is 11.3. The van der Waals surface area contributed by atoms with Crippen molar-refractivity contribution in [2.75, 3.05) is 32.9 Å². The Morgan fingerprint density at radius 3 is 2.65 bits per heavy atom. The van der Waals surface area contributed by atoms with E-state index < -0.39 is 5.97 Å². The van der Waals surface area contributed by atoms with Crippen LogP contribution in [-0.2, 0) is 14.3 Å². The highest BCUT2D eigenvalue weighted by molar-refractivity contribution is 5.73. The van der Waals surface area contributed by atoms with Crippen molar-refractivity contribution in [1.82, 2.24) is 10.6 Å². The van der Waals surface area contributed by atoms with Gasteiger partial charge in [0.25, 0.3) is 0 Å². The van der Waals surface area contributed by atoms with Gasteiger partial charge in [-0.15, -0.1) is 0 Å². The lowest BCUT2D eigenvalue weighted by molar-refractivity contribution is -0.137. The van der Waals surface area contributed by atoms with Crippen molar-refractivity contribution in [1.29, 1.82) is 0 Å². The third kappa shape index (κ3) is 8.71. The average Bonchev–Trinajstić information content (AvgIpc) is 2.91. The van der Waals surface area contributed by atoms with Crippen LogP contribution in [0.15, 0.2) is 0 Å². The molecule has 1 aliphatic heterocycles. The summed E-state index contributed by atoms with van der Waals surface area (Å²) in [5, 5.41) is 13.7. The predicted octanol–water partition coefficient (Wildman–Crippen LogP) is 0.736. The Bertz CT molecular complexity index is 292. The largest absolute Gasteiger partial charge is 0.481 e. The van der Waals surface area contributed by atoms with Gasteiger partial charge in [-0.2, -0.15) is 0 Å². The smallest absolute Gasteiger partial charge is 0.314 e. The lowest BCUT2D eigenvalue weighted by Gasteiger charge is -2.10. The first-order valence-electron chi connectivity index (χ1n) is 7.11. The van der Waals surface area contributed by atoms with Crippen LogP contribution in [0, 0.1) is 0 Å². The first-order valence-corrected chi connectivity index (χ1v) is 7.11. The summed E-state index contributed by atoms with van der Waals surface area (Å²) >= 11 is 0. The van der Waals surface area contributed by atoms with Gasteiger partial charge in [-0.25, -0.2) is 4.79 Å². The molecule has 0 bridgehead atoms. The molecule has 1 unspecified atom stereocenters. The van der Waals surface area contributed by atoms with Crippen LogP contribution in [0.1, 0.15) is 32.1 Å². The molecular formula is C13H24N2O5. The second-order valence-electron chi connectivity index (χ2n) is 4.74. The third-order valence-electron chi connectivity index (χ3n) is 2.93. The van der Waals surface area contributed by atoms with Gasteiger partial charge in [-0.05, 0) is 25.7 Å². The molecule has 20 heavy (non-hydrogen) atoms. The molecule has 1 saturated heterocycles. The highest BCUT2D eigenvalue weighted by Crippen LogP contribution is 2.11. The summed E-state index contributed by atoms with van der Waals surface area (Å²) < 4.78 is 10.9. The van der Waals surface area contributed by atoms with Gasteiger partial charge in [0.1, 0.15) is 0 Å². The van der Waals surface area contributed by atoms with Crippen LogP contribution in [0.5, 0.6) is 0 Å². The number of carbonyl (C=O) groups is 2. The quantitative estimate of drug-likeness (QED) is 0.515. The molecule has 0 aromatic carbocycles. The van der Waals surface area contributed by atoms with E-state index >= 15 is 0 Å². The van der Waals surface area contributed by atoms with Gasteiger partial charge in [-0.1, -0.05) is 0 Å². The van der Waals surface area contributed by atoms with Gasteiger partial charge in [0.15, 0.2) is 0 Å². The van der Waals surface area contributed by atoms with E-state index in [-0.39, 0.29) is 18.6 Å². The first-order chi connectivity index (χ1) is 9.68. The predicted molar refractivity (Wildman–Crippen MR) is 72.7 cm³/mol. The number of aliphatic carboxylic acids is 1. The van der Waals surface area contributed by atoms with Gasteiger partial charge in [0.05, 0.1) is 12.7 Å². The standard InChI is InChI=1S/C13H24N2O5/c16-12(17)5-1-6-14-13(18)15-7-3-8-19-10-11-4-2-9-20-11/h11H,1-10H2,(H,16,17)(H2,14,15,18). The molecule has 1 rings (SSSR count). The number of ether oxygens (including phenoxy) is 2. The van der Waals surface area contributed by atoms with Gasteiger partial charge < -0.3 is 25.2 Å². The summed E-state index contributed by atoms with van der Waals surface area (Å²) in [6.07, 6.45) is 3.66. The highest BCUT2D eigenvalue weighted by atomic mass is 16.5. The number of urea groups is 1. The third-order valence-corrected chi connectivity index (χ3v) is 2.93. The number of amides is 2. The van der Waals surface area contributed by atoms with Crippen LogP contribution in [0.25, 0.3) is 0 Å². The summed E-state index contributed by atoms with van der Waals surface area (Å²) in [5.41, 5.74) is 0. The van der Waals surface area contributed by atoms with Crippen molar-refractivity contribution in [3.05, 3.63) is 0 Å². The van der Waals surface area contributed by atoms with Crippen molar-refractivity contribution in [3.63, 3.8) is 0 Å². The summed E-state index contributed by atoms with van der Waals surface area (Å²) in [5.74, 6) is -0.851. The summed E-state index contributed by atoms with van der Waals surface area (Å²) in [6.45, 7) is 2.96. The number of carbonyl (C=O) groups excluding carboxylic acids is 1. The van der Waals surface area contributed by atoms with E-state index in [2.05, 4.69) is 10.6 Å². The Morgan fingerprint density at radius 1 is 1.25 bits per heavy atom. The van der Waals surface area contributed by atoms with E-state index in [1.807, 2.05) is 0 Å². The molecular weight excluding hydrogens is 264 g/mol. The first kappa shape index (κ1) is 16.7. The number of hydrogen-bond donors (Lipinski definition) is 3. The topological polar surface area (TPSA) is 96.9 Å². The molecule has 116 valence electrons. The zero-order chi connectivity index (χ0) is 14.6. The molecule has 0 saturated carbocycles. The zero-order valence-corrected chi connectivity index (χ0v) is 11.7. The molecule has 1 atom stereocenters. The van der Waals surface area contributed by atoms with Crippen molar-refractivity contribution >= 4 is 12.0 Å². The molecule has 1 aliphatic rings. The molecule has 1 heterocycles. The molecule has 0 aromatic heterocycles. The second kappa shape index (κ2) is 10.4. The molecule has 0 spiro atoms. The van der Waals surface area contributed by atoms with E-state index in [1.54, 1.807) is 0 Å². The maximum atomic E-state index is 11.3. The van der Waals surface area contributed by atoms with Crippen molar-refractivity contribution < 1.29 is 24.2 Å². The van der Waals surface area contributed by atoms with E-state index in [0.717, 1.165) is 25.9 Å². The van der Waals surface area contributed by atoms with Crippen LogP contribution in [0.4, 0.5) is 4.79 Å². The van der Waals surface area contributed by atoms with Crippen molar-refractivity contribution in [3.8, 4) is 0 Å². The summed E-state index contributed by atoms with van der Waals surface area (Å²) in [4.78, 5) is 21.6. The van der Waals surface area contributed by atoms with Gasteiger partial charge in [-0.3, -0.25) is 4.79 Å². The number of carboxylic acid groups (broad SMARTS) is 1. The minimum atomic E-state index is -0.851. The SMILES string of the molecule is O=C(O)CCCNC(=O)NCCCOCC1CCCO1. The molecule has 1 fully saturated rings. The van der Waals surface area contributed by atoms with Crippen LogP contribution < -0.4 is 10.6 Å². The van der Waals surface area contributed by atoms with E-state index in [4.69, 9.17) is 14.6 Å². The van der Waals surface area contributed by atoms with E-state index in [9.17, 15) is 9.59 Å². The summed E-state index contributed by atoms with van der Waals surface area (Å²) in [6, 6.07) is -0.269. The number of rotatable bonds is 10. The highest BCUT2D eigenvalue weighted by Gasteiger charge is 2.14. The average molecular weight is 288 g/mol. The molecule has 0 aliphatic carbocycles. The monoisotopic (exact) mass is 288 g/mol. The van der Waals surface area contributed by atoms with E-state index in [1.165, 1.54) is 0 Å². The Kier molecular flexibility index (Phi) is 8.73. The van der Waals surface area contributed by atoms with Gasteiger partial charge in [0, 0.05) is 32.7 Å². The normalized spacial score (nSPS) is 17.9. The fourth-order valence-electron chi connectivity index (χ4n) is 1.87. The van der Waals surface area contributed by atoms with Gasteiger partial charge in [0.2, 0.25) is 0 Å². The van der Waals surface area contributed by atoms with Crippen molar-refractivity contribution in [2.24, 2.45) is 0 Å². The number of hydrogen-bond acceptors (Lipinski definition) is 4. The fourth-order valence-corrected chi connectivity index (χ4v) is 1.87. The Labute approximate surface area is 119 Å². The minimum absolute atomic E-state index is 0.0668. The Hall–Kier alpha value is -1.34. The number of nitrogens with one attached hydrogen (secondary N) is 2. The summed E-state index contributed by atoms with van der Waals surface area (Å²) in [7, 11) is 0. The zero-order valence-electron chi connectivity index (χ0n) is 11.7. The van der Waals surface area contributed by atoms with Crippen LogP contribution in [-0.4, -0.2) is 56.1 Å². The molecule has 2 amide bonds. The van der Waals surface area contributed by atoms with Crippen LogP contribution in [0.2, 0.25) is 0 Å². The van der Waals surface area contributed by atoms with E-state index in [0.29, 0.717) is 32.7 Å². The van der Waals surface area contributed by atoms with Crippen LogP contribution in [0.3, 0.4) is 0 Å². The Morgan fingerprint density at radius 2 is 2.00 bits per heavy atom. The molecule has 3 N–H and O–H groups in total. The molecule has 7 nitrogen and oxygen atoms in total. The molecule has 0 aromatic rings. The number of carboxylic acids is 1. The Balaban J connectivity index is 1.82. The molecule has 7 heteroatoms. The van der Waals surface area contributed by atoms with Gasteiger partial charge >= 0.3 is 12.0 Å². The fraction of sp³-hybridized carbons (Fsp3) is 0.846. The van der Waals surface area contributed by atoms with Crippen LogP contribution >= 0.6 is 0 Å².